The molecule has 1 aliphatic rings. The Labute approximate surface area is 113 Å². The molecule has 0 saturated heterocycles. The van der Waals surface area contributed by atoms with E-state index in [1.54, 1.807) is 37.8 Å². The zero-order valence-corrected chi connectivity index (χ0v) is 10.8. The molecule has 4 rings (SSSR count). The molecule has 3 aromatic heterocycles. The Balaban J connectivity index is 2.30. The quantitative estimate of drug-likeness (QED) is 0.658. The van der Waals surface area contributed by atoms with Crippen LogP contribution in [0.4, 0.5) is 0 Å². The van der Waals surface area contributed by atoms with E-state index >= 15 is 0 Å². The summed E-state index contributed by atoms with van der Waals surface area (Å²) in [6.45, 7) is 0.593. The summed E-state index contributed by atoms with van der Waals surface area (Å²) in [6.07, 6.45) is 8.82. The van der Waals surface area contributed by atoms with Crippen molar-refractivity contribution in [1.29, 1.82) is 0 Å². The van der Waals surface area contributed by atoms with Gasteiger partial charge in [-0.1, -0.05) is 0 Å². The van der Waals surface area contributed by atoms with Crippen LogP contribution in [0.25, 0.3) is 27.9 Å². The largest absolute Gasteiger partial charge is 0.497 e. The molecule has 4 heterocycles. The van der Waals surface area contributed by atoms with Crippen molar-refractivity contribution in [1.82, 2.24) is 14.5 Å². The number of ether oxygens (including phenoxy) is 1. The molecular weight excluding hydrogens is 254 g/mol. The Morgan fingerprint density at radius 2 is 2.25 bits per heavy atom. The Bertz CT molecular complexity index is 980. The highest BCUT2D eigenvalue weighted by atomic mass is 16.5. The van der Waals surface area contributed by atoms with Crippen LogP contribution in [-0.2, 0) is 11.3 Å². The van der Waals surface area contributed by atoms with E-state index in [-0.39, 0.29) is 5.43 Å². The lowest BCUT2D eigenvalue weighted by Gasteiger charge is -2.16. The van der Waals surface area contributed by atoms with Crippen molar-refractivity contribution in [3.05, 3.63) is 52.1 Å². The second-order valence-corrected chi connectivity index (χ2v) is 4.69. The third kappa shape index (κ3) is 1.34. The molecule has 0 unspecified atom stereocenters. The number of hydrogen-bond acceptors (Lipinski definition) is 4. The van der Waals surface area contributed by atoms with E-state index in [2.05, 4.69) is 9.97 Å². The fraction of sp³-hybridized carbons (Fsp3) is 0.133. The standard InChI is InChI=1S/C15H11N3O2/c1-20-9-3-5-18-12(6-9)15(19)10-2-4-17-11-7-16-8-13(18)14(10)11/h2-4,6-8H,5H2,1H3. The van der Waals surface area contributed by atoms with E-state index in [1.807, 2.05) is 10.6 Å². The summed E-state index contributed by atoms with van der Waals surface area (Å²) in [4.78, 5) is 21.2. The summed E-state index contributed by atoms with van der Waals surface area (Å²) in [5.41, 5.74) is 1.66. The maximum absolute atomic E-state index is 12.7. The van der Waals surface area contributed by atoms with Crippen LogP contribution in [0.5, 0.6) is 0 Å². The minimum absolute atomic E-state index is 0.00116. The van der Waals surface area contributed by atoms with Gasteiger partial charge in [0.2, 0.25) is 5.43 Å². The molecule has 5 nitrogen and oxygen atoms in total. The van der Waals surface area contributed by atoms with E-state index in [1.165, 1.54) is 0 Å². The van der Waals surface area contributed by atoms with Gasteiger partial charge in [0.1, 0.15) is 5.76 Å². The van der Waals surface area contributed by atoms with Crippen LogP contribution in [-0.4, -0.2) is 21.6 Å². The molecule has 0 amide bonds. The van der Waals surface area contributed by atoms with Crippen molar-refractivity contribution in [2.24, 2.45) is 0 Å². The average Bonchev–Trinajstić information content (AvgIpc) is 2.51. The van der Waals surface area contributed by atoms with E-state index in [0.29, 0.717) is 23.0 Å². The minimum atomic E-state index is -0.00116. The highest BCUT2D eigenvalue weighted by molar-refractivity contribution is 6.06. The fourth-order valence-corrected chi connectivity index (χ4v) is 2.73. The maximum atomic E-state index is 12.7. The zero-order valence-electron chi connectivity index (χ0n) is 10.8. The summed E-state index contributed by atoms with van der Waals surface area (Å²) in [6, 6.07) is 1.76. The first-order valence-electron chi connectivity index (χ1n) is 6.30. The van der Waals surface area contributed by atoms with E-state index < -0.39 is 0 Å². The molecule has 5 heteroatoms. The van der Waals surface area contributed by atoms with Gasteiger partial charge in [0.05, 0.1) is 35.9 Å². The van der Waals surface area contributed by atoms with Gasteiger partial charge in [-0.3, -0.25) is 14.8 Å². The molecular formula is C15H11N3O2. The molecule has 0 radical (unpaired) electrons. The van der Waals surface area contributed by atoms with Gasteiger partial charge in [-0.05, 0) is 12.1 Å². The number of nitrogens with zero attached hydrogens (tertiary/aromatic N) is 3. The maximum Gasteiger partial charge on any atom is 0.210 e. The Hall–Kier alpha value is -2.69. The first-order chi connectivity index (χ1) is 9.79. The van der Waals surface area contributed by atoms with E-state index in [0.717, 1.165) is 16.4 Å². The fourth-order valence-electron chi connectivity index (χ4n) is 2.73. The first kappa shape index (κ1) is 11.2. The number of rotatable bonds is 1. The van der Waals surface area contributed by atoms with Gasteiger partial charge >= 0.3 is 0 Å². The highest BCUT2D eigenvalue weighted by Gasteiger charge is 2.14. The topological polar surface area (TPSA) is 57.0 Å². The number of fused-ring (bicyclic) bond motifs is 2. The number of aromatic nitrogens is 3. The van der Waals surface area contributed by atoms with Crippen molar-refractivity contribution < 1.29 is 4.74 Å². The Morgan fingerprint density at radius 1 is 1.35 bits per heavy atom. The summed E-state index contributed by atoms with van der Waals surface area (Å²) in [7, 11) is 1.60. The molecule has 0 bridgehead atoms. The van der Waals surface area contributed by atoms with Gasteiger partial charge in [0.15, 0.2) is 0 Å². The molecule has 1 aliphatic heterocycles. The van der Waals surface area contributed by atoms with Gasteiger partial charge in [0.25, 0.3) is 0 Å². The van der Waals surface area contributed by atoms with Crippen LogP contribution in [0.3, 0.4) is 0 Å². The number of hydrogen-bond donors (Lipinski definition) is 0. The molecule has 0 spiro atoms. The van der Waals surface area contributed by atoms with E-state index in [9.17, 15) is 4.79 Å². The summed E-state index contributed by atoms with van der Waals surface area (Å²) >= 11 is 0. The zero-order chi connectivity index (χ0) is 13.7. The number of allylic oxidation sites excluding steroid dienone is 2. The van der Waals surface area contributed by atoms with Crippen LogP contribution in [0.1, 0.15) is 0 Å². The van der Waals surface area contributed by atoms with E-state index in [4.69, 9.17) is 4.74 Å². The van der Waals surface area contributed by atoms with Crippen molar-refractivity contribution in [3.8, 4) is 0 Å². The molecule has 0 N–H and O–H groups in total. The number of pyridine rings is 3. The van der Waals surface area contributed by atoms with Gasteiger partial charge in [-0.2, -0.15) is 0 Å². The normalized spacial score (nSPS) is 13.9. The van der Waals surface area contributed by atoms with Crippen LogP contribution >= 0.6 is 0 Å². The van der Waals surface area contributed by atoms with Crippen LogP contribution in [0.2, 0.25) is 0 Å². The third-order valence-electron chi connectivity index (χ3n) is 3.68. The van der Waals surface area contributed by atoms with Crippen molar-refractivity contribution in [2.45, 2.75) is 6.54 Å². The summed E-state index contributed by atoms with van der Waals surface area (Å²) < 4.78 is 7.18. The lowest BCUT2D eigenvalue weighted by Crippen LogP contribution is -2.37. The average molecular weight is 265 g/mol. The minimum Gasteiger partial charge on any atom is -0.497 e. The first-order valence-corrected chi connectivity index (χ1v) is 6.30. The molecule has 0 saturated carbocycles. The van der Waals surface area contributed by atoms with Crippen molar-refractivity contribution in [3.63, 3.8) is 0 Å². The van der Waals surface area contributed by atoms with Gasteiger partial charge in [0, 0.05) is 29.6 Å². The Morgan fingerprint density at radius 3 is 3.10 bits per heavy atom. The summed E-state index contributed by atoms with van der Waals surface area (Å²) in [5, 5.41) is 2.17. The molecule has 0 atom stereocenters. The Kier molecular flexibility index (Phi) is 2.18. The predicted octanol–water partition coefficient (Wildman–Crippen LogP) is 0.988. The predicted molar refractivity (Wildman–Crippen MR) is 76.1 cm³/mol. The van der Waals surface area contributed by atoms with Crippen LogP contribution in [0, 0.1) is 0 Å². The molecule has 20 heavy (non-hydrogen) atoms. The molecule has 0 fully saturated rings. The van der Waals surface area contributed by atoms with Crippen molar-refractivity contribution in [2.75, 3.05) is 7.11 Å². The van der Waals surface area contributed by atoms with Gasteiger partial charge in [-0.15, -0.1) is 0 Å². The van der Waals surface area contributed by atoms with Crippen molar-refractivity contribution >= 4 is 27.9 Å². The molecule has 0 aliphatic carbocycles. The van der Waals surface area contributed by atoms with Crippen LogP contribution in [0.15, 0.2) is 41.3 Å². The summed E-state index contributed by atoms with van der Waals surface area (Å²) in [5.74, 6) is 0.710. The smallest absolute Gasteiger partial charge is 0.210 e. The third-order valence-corrected chi connectivity index (χ3v) is 3.68. The number of methoxy groups -OCH3 is 1. The molecule has 98 valence electrons. The van der Waals surface area contributed by atoms with Gasteiger partial charge < -0.3 is 9.30 Å². The molecule has 3 aromatic rings. The monoisotopic (exact) mass is 265 g/mol. The van der Waals surface area contributed by atoms with Gasteiger partial charge in [-0.25, -0.2) is 0 Å². The lowest BCUT2D eigenvalue weighted by atomic mass is 10.1. The SMILES string of the molecule is COC1=CCn2c(c(=O)c3ccnc4cncc2c43)=C1. The second-order valence-electron chi connectivity index (χ2n) is 4.69. The molecule has 0 aromatic carbocycles. The second kappa shape index (κ2) is 3.90. The highest BCUT2D eigenvalue weighted by Crippen LogP contribution is 2.21. The lowest BCUT2D eigenvalue weighted by molar-refractivity contribution is 0.309. The van der Waals surface area contributed by atoms with Crippen LogP contribution < -0.4 is 10.8 Å².